The molecular weight excluding hydrogens is 564 g/mol. The first-order chi connectivity index (χ1) is 19.0. The summed E-state index contributed by atoms with van der Waals surface area (Å²) >= 11 is 0. The average molecular weight is 592 g/mol. The number of pyridine rings is 1. The van der Waals surface area contributed by atoms with Gasteiger partial charge in [-0.05, 0) is 36.2 Å². The van der Waals surface area contributed by atoms with E-state index in [1.54, 1.807) is 12.1 Å². The van der Waals surface area contributed by atoms with Crippen LogP contribution in [0.4, 0.5) is 41.0 Å². The summed E-state index contributed by atoms with van der Waals surface area (Å²) in [4.78, 5) is 29.1. The molecule has 2 N–H and O–H groups in total. The molecule has 2 amide bonds. The number of alkyl halides is 3. The van der Waals surface area contributed by atoms with Crippen LogP contribution in [-0.4, -0.2) is 52.5 Å². The van der Waals surface area contributed by atoms with Crippen LogP contribution in [0.3, 0.4) is 0 Å². The Morgan fingerprint density at radius 1 is 1.10 bits per heavy atom. The van der Waals surface area contributed by atoms with Gasteiger partial charge in [0, 0.05) is 19.0 Å². The molecule has 2 aromatic rings. The normalized spacial score (nSPS) is 14.1. The molecule has 1 aliphatic rings. The Morgan fingerprint density at radius 2 is 1.66 bits per heavy atom. The third kappa shape index (κ3) is 13.2. The Kier molecular flexibility index (Phi) is 13.3. The standard InChI is InChI=1S/C22H19F3N4O3.C3H9O.BF4/c1-32-17-4-2-3-16(30)19(17)20(14-7-5-13(12-26)6-8-14)29-21(31)28-18-11-15(9-10-27-18)22(23,24)25;1-4(2)3;2-1(3,4)5/h5-11,20H,2-4H2,1H3,(H2,27,28,29,31);1-3H3;/q;+1;-1. The van der Waals surface area contributed by atoms with Gasteiger partial charge in [0.1, 0.15) is 32.9 Å². The van der Waals surface area contributed by atoms with Gasteiger partial charge in [-0.3, -0.25) is 10.1 Å². The smallest absolute Gasteiger partial charge is 0.501 e. The molecule has 1 aliphatic carbocycles. The minimum atomic E-state index is -6.00. The van der Waals surface area contributed by atoms with Crippen LogP contribution >= 0.6 is 0 Å². The fourth-order valence-electron chi connectivity index (χ4n) is 3.40. The highest BCUT2D eigenvalue weighted by molar-refractivity contribution is 6.50. The number of urea groups is 1. The topological polar surface area (TPSA) is 107 Å². The maximum absolute atomic E-state index is 12.9. The zero-order valence-corrected chi connectivity index (χ0v) is 22.5. The number of amides is 2. The third-order valence-corrected chi connectivity index (χ3v) is 4.92. The van der Waals surface area contributed by atoms with Crippen molar-refractivity contribution in [2.24, 2.45) is 0 Å². The molecule has 0 fully saturated rings. The predicted octanol–water partition coefficient (Wildman–Crippen LogP) is 6.22. The van der Waals surface area contributed by atoms with E-state index < -0.39 is 31.1 Å². The van der Waals surface area contributed by atoms with Gasteiger partial charge < -0.3 is 31.7 Å². The van der Waals surface area contributed by atoms with Crippen LogP contribution in [0.2, 0.25) is 0 Å². The first-order valence-corrected chi connectivity index (χ1v) is 11.7. The third-order valence-electron chi connectivity index (χ3n) is 4.92. The van der Waals surface area contributed by atoms with Gasteiger partial charge in [-0.1, -0.05) is 12.1 Å². The highest BCUT2D eigenvalue weighted by atomic mass is 19.5. The number of ether oxygens (including phenoxy) is 1. The molecule has 1 heterocycles. The van der Waals surface area contributed by atoms with Gasteiger partial charge in [0.25, 0.3) is 0 Å². The summed E-state index contributed by atoms with van der Waals surface area (Å²) in [6.45, 7) is 0. The van der Waals surface area contributed by atoms with Crippen molar-refractivity contribution in [1.29, 1.82) is 5.26 Å². The first-order valence-electron chi connectivity index (χ1n) is 11.7. The number of Topliss-reactive ketones (excluding diaryl/α,β-unsaturated/α-hetero) is 1. The molecule has 0 saturated carbocycles. The molecule has 3 rings (SSSR count). The van der Waals surface area contributed by atoms with E-state index in [2.05, 4.69) is 20.0 Å². The predicted molar refractivity (Wildman–Crippen MR) is 137 cm³/mol. The second-order valence-corrected chi connectivity index (χ2v) is 8.73. The maximum Gasteiger partial charge on any atom is 0.673 e. The number of aromatic nitrogens is 1. The number of nitrogens with one attached hydrogen (secondary N) is 2. The number of ketones is 1. The number of carbonyl (C=O) groups excluding carboxylic acids is 2. The summed E-state index contributed by atoms with van der Waals surface area (Å²) in [5, 5.41) is 13.9. The van der Waals surface area contributed by atoms with Crippen molar-refractivity contribution >= 4 is 24.9 Å². The molecule has 0 saturated heterocycles. The second-order valence-electron chi connectivity index (χ2n) is 8.73. The largest absolute Gasteiger partial charge is 0.673 e. The zero-order chi connectivity index (χ0) is 31.4. The Balaban J connectivity index is 0.000000814. The quantitative estimate of drug-likeness (QED) is 0.244. The number of anilines is 1. The van der Waals surface area contributed by atoms with Gasteiger partial charge in [0.05, 0.1) is 35.9 Å². The maximum atomic E-state index is 12.9. The van der Waals surface area contributed by atoms with Crippen LogP contribution in [0, 0.1) is 11.3 Å². The number of rotatable bonds is 5. The Labute approximate surface area is 232 Å². The van der Waals surface area contributed by atoms with E-state index in [0.29, 0.717) is 35.8 Å². The summed E-state index contributed by atoms with van der Waals surface area (Å²) < 4.78 is 85.7. The summed E-state index contributed by atoms with van der Waals surface area (Å²) in [6.07, 6.45) is -2.28. The highest BCUT2D eigenvalue weighted by Crippen LogP contribution is 2.33. The van der Waals surface area contributed by atoms with E-state index in [1.165, 1.54) is 19.2 Å². The van der Waals surface area contributed by atoms with E-state index in [1.807, 2.05) is 27.4 Å². The number of halogens is 7. The van der Waals surface area contributed by atoms with Crippen molar-refractivity contribution in [2.75, 3.05) is 33.8 Å². The van der Waals surface area contributed by atoms with Crippen LogP contribution in [0.1, 0.15) is 42.0 Å². The second kappa shape index (κ2) is 15.6. The number of nitriles is 1. The Hall–Kier alpha value is -4.13. The van der Waals surface area contributed by atoms with Gasteiger partial charge in [0.15, 0.2) is 5.78 Å². The van der Waals surface area contributed by atoms with Crippen LogP contribution in [-0.2, 0) is 20.1 Å². The Bertz CT molecular complexity index is 1240. The summed E-state index contributed by atoms with van der Waals surface area (Å²) in [5.41, 5.74) is 0.200. The number of hydrogen-bond acceptors (Lipinski definition) is 5. The molecule has 1 atom stereocenters. The zero-order valence-electron chi connectivity index (χ0n) is 22.5. The van der Waals surface area contributed by atoms with Gasteiger partial charge in [-0.2, -0.15) is 18.4 Å². The van der Waals surface area contributed by atoms with Crippen molar-refractivity contribution < 1.29 is 49.1 Å². The fraction of sp³-hybridized carbons (Fsp3) is 0.360. The first kappa shape index (κ1) is 34.9. The summed E-state index contributed by atoms with van der Waals surface area (Å²) in [5.74, 6) is -0.0834. The molecule has 1 aromatic carbocycles. The van der Waals surface area contributed by atoms with E-state index in [0.717, 1.165) is 12.3 Å². The number of carbonyl (C=O) groups is 2. The number of nitrogens with zero attached hydrogens (tertiary/aromatic N) is 2. The van der Waals surface area contributed by atoms with Gasteiger partial charge in [-0.25, -0.2) is 9.78 Å². The minimum absolute atomic E-state index is 0.208. The minimum Gasteiger partial charge on any atom is -0.501 e. The van der Waals surface area contributed by atoms with Crippen molar-refractivity contribution in [2.45, 2.75) is 31.5 Å². The molecule has 8 nitrogen and oxygen atoms in total. The average Bonchev–Trinajstić information content (AvgIpc) is 2.86. The van der Waals surface area contributed by atoms with Crippen LogP contribution in [0.25, 0.3) is 0 Å². The van der Waals surface area contributed by atoms with Gasteiger partial charge >= 0.3 is 19.5 Å². The van der Waals surface area contributed by atoms with Crippen molar-refractivity contribution in [3.63, 3.8) is 0 Å². The molecule has 1 unspecified atom stereocenters. The van der Waals surface area contributed by atoms with Crippen LogP contribution < -0.4 is 10.6 Å². The summed E-state index contributed by atoms with van der Waals surface area (Å²) in [6, 6.07) is 7.96. The van der Waals surface area contributed by atoms with Crippen molar-refractivity contribution in [3.05, 3.63) is 70.6 Å². The number of benzene rings is 1. The lowest BCUT2D eigenvalue weighted by Gasteiger charge is -2.27. The van der Waals surface area contributed by atoms with E-state index >= 15 is 0 Å². The lowest BCUT2D eigenvalue weighted by molar-refractivity contribution is -0.137. The van der Waals surface area contributed by atoms with Crippen molar-refractivity contribution in [3.8, 4) is 6.07 Å². The number of hydrogen-bond donors (Lipinski definition) is 2. The van der Waals surface area contributed by atoms with Crippen molar-refractivity contribution in [1.82, 2.24) is 10.3 Å². The SMILES string of the molecule is COC1=C(C(NC(=O)Nc2cc(C(F)(F)F)ccn2)c2ccc(C#N)cc2)C(=O)CCC1.C[O+](C)C.F[B-](F)(F)F. The fourth-order valence-corrected chi connectivity index (χ4v) is 3.40. The van der Waals surface area contributed by atoms with E-state index in [9.17, 15) is 40.0 Å². The lowest BCUT2D eigenvalue weighted by atomic mass is 9.87. The van der Waals surface area contributed by atoms with E-state index in [-0.39, 0.29) is 23.6 Å². The molecule has 0 spiro atoms. The molecule has 0 bridgehead atoms. The number of methoxy groups -OCH3 is 1. The van der Waals surface area contributed by atoms with Crippen LogP contribution in [0.15, 0.2) is 53.9 Å². The molecule has 0 radical (unpaired) electrons. The highest BCUT2D eigenvalue weighted by Gasteiger charge is 2.32. The Morgan fingerprint density at radius 3 is 2.15 bits per heavy atom. The lowest BCUT2D eigenvalue weighted by Crippen LogP contribution is -2.36. The molecule has 0 aliphatic heterocycles. The molecule has 1 aromatic heterocycles. The van der Waals surface area contributed by atoms with E-state index in [4.69, 9.17) is 10.00 Å². The molecular formula is C25H28BF7N4O4. The van der Waals surface area contributed by atoms with Crippen LogP contribution in [0.5, 0.6) is 0 Å². The van der Waals surface area contributed by atoms with Gasteiger partial charge in [-0.15, -0.1) is 0 Å². The molecule has 41 heavy (non-hydrogen) atoms. The van der Waals surface area contributed by atoms with Gasteiger partial charge in [0.2, 0.25) is 0 Å². The molecule has 16 heteroatoms. The number of allylic oxidation sites excluding steroid dienone is 1. The molecule has 224 valence electrons. The monoisotopic (exact) mass is 592 g/mol. The summed E-state index contributed by atoms with van der Waals surface area (Å²) in [7, 11) is 1.18.